The Balaban J connectivity index is 1.18. The molecule has 0 atom stereocenters. The minimum atomic E-state index is -3.54. The number of hydrogen-bond acceptors (Lipinski definition) is 6. The first-order valence-electron chi connectivity index (χ1n) is 13.3. The van der Waals surface area contributed by atoms with Crippen LogP contribution in [0.4, 0.5) is 11.4 Å². The first kappa shape index (κ1) is 27.2. The maximum Gasteiger partial charge on any atom is 0.243 e. The van der Waals surface area contributed by atoms with Crippen LogP contribution in [-0.2, 0) is 21.4 Å². The number of pyridine rings is 1. The third-order valence-electron chi connectivity index (χ3n) is 6.99. The molecule has 1 aromatic heterocycles. The number of benzene rings is 4. The molecule has 1 N–H and O–H groups in total. The van der Waals surface area contributed by atoms with E-state index in [1.165, 1.54) is 4.31 Å². The fraction of sp³-hybridized carbons (Fsp3) is 0.156. The highest BCUT2D eigenvalue weighted by Gasteiger charge is 2.26. The third-order valence-corrected chi connectivity index (χ3v) is 9.19. The van der Waals surface area contributed by atoms with Gasteiger partial charge >= 0.3 is 0 Å². The summed E-state index contributed by atoms with van der Waals surface area (Å²) in [7, 11) is -3.54. The highest BCUT2D eigenvalue weighted by atomic mass is 35.5. The van der Waals surface area contributed by atoms with Crippen LogP contribution >= 0.6 is 11.6 Å². The molecule has 0 unspecified atom stereocenters. The van der Waals surface area contributed by atoms with E-state index in [0.717, 1.165) is 39.0 Å². The van der Waals surface area contributed by atoms with Crippen molar-refractivity contribution in [1.29, 1.82) is 0 Å². The number of hydrogen-bond donors (Lipinski definition) is 1. The van der Waals surface area contributed by atoms with Crippen molar-refractivity contribution in [3.05, 3.63) is 114 Å². The second-order valence-electron chi connectivity index (χ2n) is 9.68. The summed E-state index contributed by atoms with van der Waals surface area (Å²) in [4.78, 5) is 4.85. The molecule has 1 aliphatic heterocycles. The minimum Gasteiger partial charge on any atom is -0.487 e. The molecule has 0 bridgehead atoms. The lowest BCUT2D eigenvalue weighted by atomic mass is 10.0. The van der Waals surface area contributed by atoms with E-state index in [9.17, 15) is 8.42 Å². The van der Waals surface area contributed by atoms with Crippen LogP contribution in [0.3, 0.4) is 0 Å². The molecule has 208 valence electrons. The van der Waals surface area contributed by atoms with Crippen LogP contribution in [0.15, 0.2) is 108 Å². The van der Waals surface area contributed by atoms with E-state index in [1.807, 2.05) is 84.9 Å². The quantitative estimate of drug-likeness (QED) is 0.213. The fourth-order valence-electron chi connectivity index (χ4n) is 4.78. The highest BCUT2D eigenvalue weighted by molar-refractivity contribution is 7.89. The van der Waals surface area contributed by atoms with Crippen molar-refractivity contribution in [2.24, 2.45) is 0 Å². The van der Waals surface area contributed by atoms with Crippen molar-refractivity contribution in [3.63, 3.8) is 0 Å². The van der Waals surface area contributed by atoms with Gasteiger partial charge in [0.15, 0.2) is 0 Å². The number of sulfonamides is 1. The molecule has 2 heterocycles. The van der Waals surface area contributed by atoms with Crippen molar-refractivity contribution >= 4 is 43.9 Å². The summed E-state index contributed by atoms with van der Waals surface area (Å²) in [6.45, 7) is 2.01. The lowest BCUT2D eigenvalue weighted by Gasteiger charge is -2.26. The Morgan fingerprint density at radius 3 is 2.39 bits per heavy atom. The Bertz CT molecular complexity index is 1780. The van der Waals surface area contributed by atoms with E-state index >= 15 is 0 Å². The van der Waals surface area contributed by atoms with Crippen LogP contribution in [0.5, 0.6) is 5.75 Å². The second kappa shape index (κ2) is 11.9. The number of anilines is 2. The lowest BCUT2D eigenvalue weighted by molar-refractivity contribution is 0.0730. The lowest BCUT2D eigenvalue weighted by Crippen LogP contribution is -2.40. The molecule has 9 heteroatoms. The molecular formula is C32H28ClN3O4S. The summed E-state index contributed by atoms with van der Waals surface area (Å²) in [5, 5.41) is 4.91. The maximum absolute atomic E-state index is 13.0. The molecule has 41 heavy (non-hydrogen) atoms. The number of morpholine rings is 1. The Hall–Kier alpha value is -3.95. The van der Waals surface area contributed by atoms with Gasteiger partial charge in [0.05, 0.1) is 28.6 Å². The van der Waals surface area contributed by atoms with Crippen LogP contribution in [-0.4, -0.2) is 44.0 Å². The predicted molar refractivity (Wildman–Crippen MR) is 162 cm³/mol. The van der Waals surface area contributed by atoms with Crippen LogP contribution in [0, 0.1) is 0 Å². The number of nitrogens with one attached hydrogen (secondary N) is 1. The second-order valence-corrected chi connectivity index (χ2v) is 12.0. The van der Waals surface area contributed by atoms with Crippen molar-refractivity contribution in [2.75, 3.05) is 31.6 Å². The van der Waals surface area contributed by atoms with Gasteiger partial charge < -0.3 is 14.8 Å². The zero-order valence-electron chi connectivity index (χ0n) is 22.2. The normalized spacial score (nSPS) is 14.2. The van der Waals surface area contributed by atoms with Gasteiger partial charge in [0, 0.05) is 36.0 Å². The average molecular weight is 586 g/mol. The molecule has 6 rings (SSSR count). The first-order chi connectivity index (χ1) is 20.0. The summed E-state index contributed by atoms with van der Waals surface area (Å²) in [5.74, 6) is 0.620. The smallest absolute Gasteiger partial charge is 0.243 e. The number of rotatable bonds is 8. The Labute approximate surface area is 244 Å². The van der Waals surface area contributed by atoms with Crippen molar-refractivity contribution in [2.45, 2.75) is 11.5 Å². The van der Waals surface area contributed by atoms with E-state index in [1.54, 1.807) is 18.3 Å². The third kappa shape index (κ3) is 6.06. The average Bonchev–Trinajstić information content (AvgIpc) is 3.01. The molecule has 0 saturated carbocycles. The van der Waals surface area contributed by atoms with Gasteiger partial charge in [0.1, 0.15) is 12.4 Å². The van der Waals surface area contributed by atoms with Gasteiger partial charge in [-0.1, -0.05) is 66.2 Å². The van der Waals surface area contributed by atoms with Crippen molar-refractivity contribution in [3.8, 4) is 16.9 Å². The molecule has 4 aromatic carbocycles. The molecule has 0 aliphatic carbocycles. The van der Waals surface area contributed by atoms with E-state index < -0.39 is 10.0 Å². The van der Waals surface area contributed by atoms with Gasteiger partial charge in [-0.15, -0.1) is 0 Å². The number of fused-ring (bicyclic) bond motifs is 1. The highest BCUT2D eigenvalue weighted by Crippen LogP contribution is 2.33. The van der Waals surface area contributed by atoms with E-state index in [2.05, 4.69) is 10.3 Å². The zero-order valence-corrected chi connectivity index (χ0v) is 23.7. The fourth-order valence-corrected chi connectivity index (χ4v) is 6.42. The van der Waals surface area contributed by atoms with E-state index in [-0.39, 0.29) is 4.90 Å². The van der Waals surface area contributed by atoms with Gasteiger partial charge in [-0.2, -0.15) is 4.31 Å². The maximum atomic E-state index is 13.0. The largest absolute Gasteiger partial charge is 0.487 e. The summed E-state index contributed by atoms with van der Waals surface area (Å²) >= 11 is 6.53. The SMILES string of the molecule is O=S(=O)(c1ccc(-c2ccc3c(Nc4ccc(OCc5ccccc5)c(Cl)c4)ccnc3c2)cc1)N1CCOCC1. The summed E-state index contributed by atoms with van der Waals surface area (Å²) in [6.07, 6.45) is 1.76. The monoisotopic (exact) mass is 585 g/mol. The van der Waals surface area contributed by atoms with Crippen molar-refractivity contribution in [1.82, 2.24) is 9.29 Å². The Kier molecular flexibility index (Phi) is 7.89. The van der Waals surface area contributed by atoms with Crippen molar-refractivity contribution < 1.29 is 17.9 Å². The summed E-state index contributed by atoms with van der Waals surface area (Å²) < 4.78 is 38.6. The van der Waals surface area contributed by atoms with Crippen LogP contribution in [0.2, 0.25) is 5.02 Å². The molecule has 7 nitrogen and oxygen atoms in total. The van der Waals surface area contributed by atoms with Gasteiger partial charge in [0.25, 0.3) is 0 Å². The number of aromatic nitrogens is 1. The predicted octanol–water partition coefficient (Wildman–Crippen LogP) is 6.90. The van der Waals surface area contributed by atoms with Gasteiger partial charge in [-0.05, 0) is 59.2 Å². The molecule has 1 saturated heterocycles. The van der Waals surface area contributed by atoms with Crippen LogP contribution in [0.25, 0.3) is 22.0 Å². The first-order valence-corrected chi connectivity index (χ1v) is 15.1. The van der Waals surface area contributed by atoms with E-state index in [4.69, 9.17) is 21.1 Å². The number of ether oxygens (including phenoxy) is 2. The minimum absolute atomic E-state index is 0.281. The molecule has 1 fully saturated rings. The molecule has 1 aliphatic rings. The van der Waals surface area contributed by atoms with Gasteiger partial charge in [-0.25, -0.2) is 8.42 Å². The summed E-state index contributed by atoms with van der Waals surface area (Å²) in [5.41, 5.74) is 5.46. The zero-order chi connectivity index (χ0) is 28.2. The molecule has 0 radical (unpaired) electrons. The van der Waals surface area contributed by atoms with Crippen LogP contribution < -0.4 is 10.1 Å². The molecular weight excluding hydrogens is 558 g/mol. The molecule has 0 spiro atoms. The Morgan fingerprint density at radius 1 is 0.878 bits per heavy atom. The Morgan fingerprint density at radius 2 is 1.63 bits per heavy atom. The molecule has 0 amide bonds. The standard InChI is InChI=1S/C32H28ClN3O4S/c33-29-21-26(9-13-32(29)40-22-23-4-2-1-3-5-23)35-30-14-15-34-31-20-25(8-12-28(30)31)24-6-10-27(11-7-24)41(37,38)36-16-18-39-19-17-36/h1-15,20-21H,16-19,22H2,(H,34,35). The number of halogens is 1. The molecule has 5 aromatic rings. The van der Waals surface area contributed by atoms with Gasteiger partial charge in [-0.3, -0.25) is 4.98 Å². The summed E-state index contributed by atoms with van der Waals surface area (Å²) in [6, 6.07) is 30.5. The van der Waals surface area contributed by atoms with Crippen LogP contribution in [0.1, 0.15) is 5.56 Å². The number of nitrogens with zero attached hydrogens (tertiary/aromatic N) is 2. The van der Waals surface area contributed by atoms with E-state index in [0.29, 0.717) is 43.7 Å². The topological polar surface area (TPSA) is 80.8 Å². The van der Waals surface area contributed by atoms with Gasteiger partial charge in [0.2, 0.25) is 10.0 Å².